The molecule has 1 aromatic carbocycles. The largest absolute Gasteiger partial charge is 0.361 e. The van der Waals surface area contributed by atoms with E-state index in [4.69, 9.17) is 5.73 Å². The number of piperidine rings is 1. The molecule has 0 aliphatic carbocycles. The number of nitrogens with one attached hydrogen (secondary N) is 1. The Labute approximate surface area is 122 Å². The number of aromatic amines is 1. The summed E-state index contributed by atoms with van der Waals surface area (Å²) in [6.45, 7) is 2.94. The van der Waals surface area contributed by atoms with Gasteiger partial charge in [0.2, 0.25) is 0 Å². The van der Waals surface area contributed by atoms with E-state index in [2.05, 4.69) is 50.2 Å². The summed E-state index contributed by atoms with van der Waals surface area (Å²) in [5, 5.41) is 1.32. The van der Waals surface area contributed by atoms with Crippen LogP contribution in [0.25, 0.3) is 10.9 Å². The molecule has 2 aromatic rings. The summed E-state index contributed by atoms with van der Waals surface area (Å²) in [5.41, 5.74) is 8.48. The summed E-state index contributed by atoms with van der Waals surface area (Å²) in [5.74, 6) is 0. The molecule has 1 aromatic heterocycles. The molecule has 1 aliphatic rings. The first kappa shape index (κ1) is 13.2. The fraction of sp³-hybridized carbons (Fsp3) is 0.467. The highest BCUT2D eigenvalue weighted by molar-refractivity contribution is 9.10. The smallest absolute Gasteiger partial charge is 0.0458 e. The van der Waals surface area contributed by atoms with Gasteiger partial charge < -0.3 is 10.7 Å². The van der Waals surface area contributed by atoms with Crippen LogP contribution in [-0.4, -0.2) is 29.0 Å². The average Bonchev–Trinajstić information content (AvgIpc) is 2.82. The zero-order chi connectivity index (χ0) is 13.2. The lowest BCUT2D eigenvalue weighted by Gasteiger charge is -2.34. The predicted octanol–water partition coefficient (Wildman–Crippen LogP) is 3.24. The van der Waals surface area contributed by atoms with Gasteiger partial charge in [0.1, 0.15) is 0 Å². The van der Waals surface area contributed by atoms with Crippen molar-refractivity contribution in [2.24, 2.45) is 5.73 Å². The van der Waals surface area contributed by atoms with Crippen molar-refractivity contribution in [2.45, 2.75) is 31.8 Å². The molecule has 2 heterocycles. The zero-order valence-electron chi connectivity index (χ0n) is 11.0. The topological polar surface area (TPSA) is 45.0 Å². The van der Waals surface area contributed by atoms with E-state index in [1.807, 2.05) is 0 Å². The highest BCUT2D eigenvalue weighted by Gasteiger charge is 2.21. The lowest BCUT2D eigenvalue weighted by atomic mass is 10.0. The van der Waals surface area contributed by atoms with Gasteiger partial charge >= 0.3 is 0 Å². The number of fused-ring (bicyclic) bond motifs is 1. The SMILES string of the molecule is NCC1CCCCN1Cc1c[nH]c2ccc(Br)cc12. The third kappa shape index (κ3) is 2.71. The van der Waals surface area contributed by atoms with E-state index in [1.165, 1.54) is 42.3 Å². The van der Waals surface area contributed by atoms with Gasteiger partial charge in [-0.2, -0.15) is 0 Å². The van der Waals surface area contributed by atoms with Crippen LogP contribution in [0.4, 0.5) is 0 Å². The molecule has 19 heavy (non-hydrogen) atoms. The Balaban J connectivity index is 1.86. The van der Waals surface area contributed by atoms with Crippen molar-refractivity contribution in [1.82, 2.24) is 9.88 Å². The molecule has 0 radical (unpaired) electrons. The van der Waals surface area contributed by atoms with Gasteiger partial charge in [-0.25, -0.2) is 0 Å². The second-order valence-electron chi connectivity index (χ2n) is 5.36. The Kier molecular flexibility index (Phi) is 3.91. The van der Waals surface area contributed by atoms with Crippen LogP contribution in [0.1, 0.15) is 24.8 Å². The first-order valence-electron chi connectivity index (χ1n) is 6.97. The normalized spacial score (nSPS) is 21.1. The first-order chi connectivity index (χ1) is 9.28. The number of nitrogens with two attached hydrogens (primary N) is 1. The third-order valence-corrected chi connectivity index (χ3v) is 4.62. The van der Waals surface area contributed by atoms with E-state index in [-0.39, 0.29) is 0 Å². The van der Waals surface area contributed by atoms with Gasteiger partial charge in [0.05, 0.1) is 0 Å². The quantitative estimate of drug-likeness (QED) is 0.911. The van der Waals surface area contributed by atoms with Gasteiger partial charge in [0, 0.05) is 40.7 Å². The van der Waals surface area contributed by atoms with E-state index < -0.39 is 0 Å². The van der Waals surface area contributed by atoms with E-state index >= 15 is 0 Å². The number of rotatable bonds is 3. The van der Waals surface area contributed by atoms with E-state index in [1.54, 1.807) is 0 Å². The monoisotopic (exact) mass is 321 g/mol. The molecule has 1 unspecified atom stereocenters. The minimum Gasteiger partial charge on any atom is -0.361 e. The summed E-state index contributed by atoms with van der Waals surface area (Å²) in [6.07, 6.45) is 5.99. The maximum atomic E-state index is 5.90. The Morgan fingerprint density at radius 2 is 2.26 bits per heavy atom. The highest BCUT2D eigenvalue weighted by Crippen LogP contribution is 2.26. The summed E-state index contributed by atoms with van der Waals surface area (Å²) in [6, 6.07) is 6.94. The van der Waals surface area contributed by atoms with Crippen molar-refractivity contribution in [3.63, 3.8) is 0 Å². The maximum Gasteiger partial charge on any atom is 0.0458 e. The van der Waals surface area contributed by atoms with Crippen LogP contribution in [0.3, 0.4) is 0 Å². The van der Waals surface area contributed by atoms with Crippen LogP contribution < -0.4 is 5.73 Å². The van der Waals surface area contributed by atoms with Gasteiger partial charge in [0.25, 0.3) is 0 Å². The number of hydrogen-bond acceptors (Lipinski definition) is 2. The number of benzene rings is 1. The minimum absolute atomic E-state index is 0.547. The molecule has 0 bridgehead atoms. The molecule has 0 amide bonds. The Bertz CT molecular complexity index is 564. The van der Waals surface area contributed by atoms with Crippen molar-refractivity contribution in [1.29, 1.82) is 0 Å². The molecule has 4 heteroatoms. The third-order valence-electron chi connectivity index (χ3n) is 4.12. The van der Waals surface area contributed by atoms with Crippen LogP contribution in [0.15, 0.2) is 28.9 Å². The second-order valence-corrected chi connectivity index (χ2v) is 6.28. The average molecular weight is 322 g/mol. The van der Waals surface area contributed by atoms with Crippen LogP contribution in [0, 0.1) is 0 Å². The summed E-state index contributed by atoms with van der Waals surface area (Å²) in [4.78, 5) is 5.89. The number of H-pyrrole nitrogens is 1. The molecule has 1 saturated heterocycles. The molecule has 0 saturated carbocycles. The zero-order valence-corrected chi connectivity index (χ0v) is 12.6. The van der Waals surface area contributed by atoms with Gasteiger partial charge in [-0.05, 0) is 43.1 Å². The lowest BCUT2D eigenvalue weighted by Crippen LogP contribution is -2.43. The van der Waals surface area contributed by atoms with Crippen LogP contribution in [-0.2, 0) is 6.54 Å². The van der Waals surface area contributed by atoms with E-state index in [0.717, 1.165) is 17.6 Å². The van der Waals surface area contributed by atoms with Crippen molar-refractivity contribution >= 4 is 26.8 Å². The minimum atomic E-state index is 0.547. The molecule has 3 nitrogen and oxygen atoms in total. The number of hydrogen-bond donors (Lipinski definition) is 2. The van der Waals surface area contributed by atoms with Crippen molar-refractivity contribution in [2.75, 3.05) is 13.1 Å². The van der Waals surface area contributed by atoms with Crippen LogP contribution in [0.5, 0.6) is 0 Å². The van der Waals surface area contributed by atoms with Gasteiger partial charge in [-0.1, -0.05) is 22.4 Å². The Hall–Kier alpha value is -0.840. The van der Waals surface area contributed by atoms with E-state index in [9.17, 15) is 0 Å². The highest BCUT2D eigenvalue weighted by atomic mass is 79.9. The molecule has 0 spiro atoms. The van der Waals surface area contributed by atoms with Crippen molar-refractivity contribution in [3.05, 3.63) is 34.4 Å². The second kappa shape index (κ2) is 5.65. The molecule has 1 fully saturated rings. The predicted molar refractivity (Wildman–Crippen MR) is 83.1 cm³/mol. The summed E-state index contributed by atoms with van der Waals surface area (Å²) in [7, 11) is 0. The summed E-state index contributed by atoms with van der Waals surface area (Å²) < 4.78 is 1.13. The first-order valence-corrected chi connectivity index (χ1v) is 7.77. The molecule has 1 atom stereocenters. The van der Waals surface area contributed by atoms with Gasteiger partial charge in [-0.15, -0.1) is 0 Å². The molecule has 102 valence electrons. The standard InChI is InChI=1S/C15H20BrN3/c16-12-4-5-15-14(7-12)11(9-18-15)10-19-6-2-1-3-13(19)8-17/h4-5,7,9,13,18H,1-3,6,8,10,17H2. The van der Waals surface area contributed by atoms with Crippen LogP contribution in [0.2, 0.25) is 0 Å². The maximum absolute atomic E-state index is 5.90. The van der Waals surface area contributed by atoms with Crippen molar-refractivity contribution < 1.29 is 0 Å². The molecular formula is C15H20BrN3. The fourth-order valence-corrected chi connectivity index (χ4v) is 3.40. The molecule has 3 N–H and O–H groups in total. The van der Waals surface area contributed by atoms with Crippen LogP contribution >= 0.6 is 15.9 Å². The van der Waals surface area contributed by atoms with Crippen molar-refractivity contribution in [3.8, 4) is 0 Å². The van der Waals surface area contributed by atoms with E-state index in [0.29, 0.717) is 6.04 Å². The van der Waals surface area contributed by atoms with Gasteiger partial charge in [-0.3, -0.25) is 4.90 Å². The molecule has 3 rings (SSSR count). The molecule has 1 aliphatic heterocycles. The Morgan fingerprint density at radius 3 is 3.11 bits per heavy atom. The fourth-order valence-electron chi connectivity index (χ4n) is 3.04. The Morgan fingerprint density at radius 1 is 1.37 bits per heavy atom. The summed E-state index contributed by atoms with van der Waals surface area (Å²) >= 11 is 3.55. The molecular weight excluding hydrogens is 302 g/mol. The number of aromatic nitrogens is 1. The van der Waals surface area contributed by atoms with Gasteiger partial charge in [0.15, 0.2) is 0 Å². The number of halogens is 1. The number of likely N-dealkylation sites (tertiary alicyclic amines) is 1. The lowest BCUT2D eigenvalue weighted by molar-refractivity contribution is 0.145. The number of nitrogens with zero attached hydrogens (tertiary/aromatic N) is 1.